The van der Waals surface area contributed by atoms with Crippen molar-refractivity contribution in [2.24, 2.45) is 5.92 Å². The molecule has 8 heavy (non-hydrogen) atoms. The Hall–Kier alpha value is -0.260. The van der Waals surface area contributed by atoms with Gasteiger partial charge in [0.05, 0.1) is 0 Å². The maximum Gasteiger partial charge on any atom is -0.0237 e. The Balaban J connectivity index is 3.46. The van der Waals surface area contributed by atoms with Gasteiger partial charge < -0.3 is 0 Å². The van der Waals surface area contributed by atoms with Crippen LogP contribution in [0.1, 0.15) is 33.6 Å². The normalized spacial score (nSPS) is 13.4. The van der Waals surface area contributed by atoms with Crippen LogP contribution in [0.2, 0.25) is 0 Å². The zero-order chi connectivity index (χ0) is 6.57. The zero-order valence-electron chi connectivity index (χ0n) is 6.20. The summed E-state index contributed by atoms with van der Waals surface area (Å²) in [4.78, 5) is 0. The first-order valence-corrected chi connectivity index (χ1v) is 3.40. The first-order valence-electron chi connectivity index (χ1n) is 3.40. The fraction of sp³-hybridized carbons (Fsp3) is 0.750. The fourth-order valence-electron chi connectivity index (χ4n) is 0.637. The molecule has 0 heterocycles. The third-order valence-corrected chi connectivity index (χ3v) is 1.76. The van der Waals surface area contributed by atoms with E-state index in [0.717, 1.165) is 12.3 Å². The third kappa shape index (κ3) is 2.15. The summed E-state index contributed by atoms with van der Waals surface area (Å²) in [5.41, 5.74) is 1.38. The van der Waals surface area contributed by atoms with Gasteiger partial charge in [-0.3, -0.25) is 0 Å². The van der Waals surface area contributed by atoms with Gasteiger partial charge in [-0.2, -0.15) is 0 Å². The van der Waals surface area contributed by atoms with Gasteiger partial charge in [-0.1, -0.05) is 32.9 Å². The molecule has 0 N–H and O–H groups in total. The van der Waals surface area contributed by atoms with Crippen molar-refractivity contribution in [3.8, 4) is 0 Å². The Morgan fingerprint density at radius 1 is 1.50 bits per heavy atom. The van der Waals surface area contributed by atoms with E-state index in [-0.39, 0.29) is 0 Å². The second kappa shape index (κ2) is 3.71. The van der Waals surface area contributed by atoms with E-state index in [4.69, 9.17) is 0 Å². The SMILES string of the molecule is C=C(CC)[C@@H](C)CC. The molecule has 0 radical (unpaired) electrons. The quantitative estimate of drug-likeness (QED) is 0.492. The first-order chi connectivity index (χ1) is 3.72. The predicted octanol–water partition coefficient (Wildman–Crippen LogP) is 3.00. The summed E-state index contributed by atoms with van der Waals surface area (Å²) in [7, 11) is 0. The van der Waals surface area contributed by atoms with Crippen molar-refractivity contribution in [1.82, 2.24) is 0 Å². The Kier molecular flexibility index (Phi) is 3.59. The average Bonchev–Trinajstić information content (AvgIpc) is 1.84. The highest BCUT2D eigenvalue weighted by Gasteiger charge is 1.98. The standard InChI is InChI=1S/C8H16/c1-5-7(3)8(4)6-2/h8H,3,5-6H2,1-2,4H3/t8-/m0/s1. The van der Waals surface area contributed by atoms with Crippen molar-refractivity contribution in [2.75, 3.05) is 0 Å². The maximum absolute atomic E-state index is 3.94. The lowest BCUT2D eigenvalue weighted by atomic mass is 9.98. The van der Waals surface area contributed by atoms with E-state index >= 15 is 0 Å². The van der Waals surface area contributed by atoms with Gasteiger partial charge in [-0.05, 0) is 18.8 Å². The molecule has 0 aliphatic rings. The van der Waals surface area contributed by atoms with E-state index < -0.39 is 0 Å². The number of allylic oxidation sites excluding steroid dienone is 1. The van der Waals surface area contributed by atoms with Crippen LogP contribution in [-0.2, 0) is 0 Å². The number of rotatable bonds is 3. The fourth-order valence-corrected chi connectivity index (χ4v) is 0.637. The van der Waals surface area contributed by atoms with Gasteiger partial charge in [0.2, 0.25) is 0 Å². The van der Waals surface area contributed by atoms with Crippen LogP contribution in [-0.4, -0.2) is 0 Å². The first kappa shape index (κ1) is 7.74. The molecule has 0 bridgehead atoms. The van der Waals surface area contributed by atoms with Crippen molar-refractivity contribution < 1.29 is 0 Å². The van der Waals surface area contributed by atoms with E-state index in [1.807, 2.05) is 0 Å². The molecular formula is C8H16. The van der Waals surface area contributed by atoms with Gasteiger partial charge in [-0.15, -0.1) is 0 Å². The van der Waals surface area contributed by atoms with Crippen LogP contribution in [0.5, 0.6) is 0 Å². The molecule has 0 aromatic heterocycles. The minimum Gasteiger partial charge on any atom is -0.0996 e. The van der Waals surface area contributed by atoms with Crippen LogP contribution in [0.3, 0.4) is 0 Å². The van der Waals surface area contributed by atoms with Gasteiger partial charge in [0, 0.05) is 0 Å². The number of hydrogen-bond acceptors (Lipinski definition) is 0. The Bertz CT molecular complexity index is 72.1. The van der Waals surface area contributed by atoms with Crippen LogP contribution in [0.4, 0.5) is 0 Å². The lowest BCUT2D eigenvalue weighted by Crippen LogP contribution is -1.93. The summed E-state index contributed by atoms with van der Waals surface area (Å²) in [6, 6.07) is 0. The van der Waals surface area contributed by atoms with E-state index in [0.29, 0.717) is 0 Å². The van der Waals surface area contributed by atoms with Crippen molar-refractivity contribution in [1.29, 1.82) is 0 Å². The summed E-state index contributed by atoms with van der Waals surface area (Å²) < 4.78 is 0. The summed E-state index contributed by atoms with van der Waals surface area (Å²) in [6.07, 6.45) is 2.36. The minimum absolute atomic E-state index is 0.722. The second-order valence-corrected chi connectivity index (χ2v) is 2.32. The molecule has 0 amide bonds. The highest BCUT2D eigenvalue weighted by Crippen LogP contribution is 2.13. The molecule has 0 heteroatoms. The van der Waals surface area contributed by atoms with Gasteiger partial charge >= 0.3 is 0 Å². The molecule has 0 aromatic rings. The molecule has 0 saturated heterocycles. The molecule has 1 atom stereocenters. The van der Waals surface area contributed by atoms with Gasteiger partial charge in [-0.25, -0.2) is 0 Å². The molecule has 0 rings (SSSR count). The van der Waals surface area contributed by atoms with Crippen LogP contribution in [0.15, 0.2) is 12.2 Å². The largest absolute Gasteiger partial charge is 0.0996 e. The molecule has 0 fully saturated rings. The number of hydrogen-bond donors (Lipinski definition) is 0. The summed E-state index contributed by atoms with van der Waals surface area (Å²) in [5, 5.41) is 0. The summed E-state index contributed by atoms with van der Waals surface area (Å²) in [6.45, 7) is 10.5. The molecule has 0 saturated carbocycles. The highest BCUT2D eigenvalue weighted by atomic mass is 14.0. The molecule has 0 aromatic carbocycles. The topological polar surface area (TPSA) is 0 Å². The van der Waals surface area contributed by atoms with Crippen molar-refractivity contribution in [3.63, 3.8) is 0 Å². The molecule has 0 nitrogen and oxygen atoms in total. The monoisotopic (exact) mass is 112 g/mol. The Morgan fingerprint density at radius 3 is 2.12 bits per heavy atom. The molecule has 48 valence electrons. The van der Waals surface area contributed by atoms with Gasteiger partial charge in [0.15, 0.2) is 0 Å². The summed E-state index contributed by atoms with van der Waals surface area (Å²) >= 11 is 0. The zero-order valence-corrected chi connectivity index (χ0v) is 6.20. The van der Waals surface area contributed by atoms with Crippen LogP contribution in [0, 0.1) is 5.92 Å². The molecule has 0 spiro atoms. The molecule has 0 aliphatic heterocycles. The minimum atomic E-state index is 0.722. The predicted molar refractivity (Wildman–Crippen MR) is 38.9 cm³/mol. The molecule has 0 unspecified atom stereocenters. The van der Waals surface area contributed by atoms with E-state index in [1.165, 1.54) is 12.0 Å². The average molecular weight is 112 g/mol. The van der Waals surface area contributed by atoms with Gasteiger partial charge in [0.25, 0.3) is 0 Å². The Morgan fingerprint density at radius 2 is 2.00 bits per heavy atom. The third-order valence-electron chi connectivity index (χ3n) is 1.76. The lowest BCUT2D eigenvalue weighted by molar-refractivity contribution is 0.636. The van der Waals surface area contributed by atoms with E-state index in [2.05, 4.69) is 27.4 Å². The highest BCUT2D eigenvalue weighted by molar-refractivity contribution is 4.96. The van der Waals surface area contributed by atoms with Crippen LogP contribution in [0.25, 0.3) is 0 Å². The van der Waals surface area contributed by atoms with Gasteiger partial charge in [0.1, 0.15) is 0 Å². The van der Waals surface area contributed by atoms with Crippen LogP contribution >= 0.6 is 0 Å². The summed E-state index contributed by atoms with van der Waals surface area (Å²) in [5.74, 6) is 0.722. The van der Waals surface area contributed by atoms with Crippen molar-refractivity contribution in [2.45, 2.75) is 33.6 Å². The molecular weight excluding hydrogens is 96.1 g/mol. The Labute approximate surface area is 52.6 Å². The second-order valence-electron chi connectivity index (χ2n) is 2.32. The van der Waals surface area contributed by atoms with Crippen LogP contribution < -0.4 is 0 Å². The molecule has 0 aliphatic carbocycles. The van der Waals surface area contributed by atoms with Crippen molar-refractivity contribution in [3.05, 3.63) is 12.2 Å². The maximum atomic E-state index is 3.94. The van der Waals surface area contributed by atoms with E-state index in [9.17, 15) is 0 Å². The van der Waals surface area contributed by atoms with Crippen molar-refractivity contribution >= 4 is 0 Å². The smallest absolute Gasteiger partial charge is 0.0237 e. The van der Waals surface area contributed by atoms with E-state index in [1.54, 1.807) is 0 Å². The lowest BCUT2D eigenvalue weighted by Gasteiger charge is -2.08.